The molecule has 0 saturated carbocycles. The quantitative estimate of drug-likeness (QED) is 0.875. The van der Waals surface area contributed by atoms with Gasteiger partial charge in [0.15, 0.2) is 0 Å². The molecule has 0 aliphatic carbocycles. The topological polar surface area (TPSA) is 39.2 Å². The minimum absolute atomic E-state index is 0.129. The maximum atomic E-state index is 13.7. The Labute approximate surface area is 100 Å². The van der Waals surface area contributed by atoms with E-state index in [0.717, 1.165) is 12.0 Å². The van der Waals surface area contributed by atoms with Crippen molar-refractivity contribution in [3.8, 4) is 11.3 Å². The van der Waals surface area contributed by atoms with E-state index in [-0.39, 0.29) is 11.9 Å². The maximum absolute atomic E-state index is 13.7. The zero-order valence-corrected chi connectivity index (χ0v) is 10.0. The summed E-state index contributed by atoms with van der Waals surface area (Å²) in [6.07, 6.45) is 0.795. The van der Waals surface area contributed by atoms with Crippen molar-refractivity contribution in [2.75, 3.05) is 0 Å². The van der Waals surface area contributed by atoms with Crippen LogP contribution in [0.1, 0.15) is 30.7 Å². The van der Waals surface area contributed by atoms with E-state index in [9.17, 15) is 4.39 Å². The second kappa shape index (κ2) is 4.72. The summed E-state index contributed by atoms with van der Waals surface area (Å²) in [4.78, 5) is 0. The zero-order valence-electron chi connectivity index (χ0n) is 10.0. The van der Waals surface area contributed by atoms with E-state index in [2.05, 4.69) is 0 Å². The molecule has 2 nitrogen and oxygen atoms in total. The first-order valence-corrected chi connectivity index (χ1v) is 5.74. The average Bonchev–Trinajstić information content (AvgIpc) is 2.77. The van der Waals surface area contributed by atoms with Gasteiger partial charge in [0.1, 0.15) is 17.3 Å². The third-order valence-electron chi connectivity index (χ3n) is 2.90. The Kier molecular flexibility index (Phi) is 3.29. The molecule has 2 aromatic rings. The number of nitrogens with two attached hydrogens (primary N) is 1. The lowest BCUT2D eigenvalue weighted by Gasteiger charge is -2.06. The van der Waals surface area contributed by atoms with Crippen LogP contribution in [0.25, 0.3) is 11.3 Å². The molecule has 0 spiro atoms. The molecule has 0 fully saturated rings. The molecule has 0 saturated heterocycles. The SMILES string of the molecule is CCC(N)c1ccc(-c2c(C)cccc2F)o1. The van der Waals surface area contributed by atoms with E-state index in [1.54, 1.807) is 12.1 Å². The molecule has 2 N–H and O–H groups in total. The van der Waals surface area contributed by atoms with Crippen LogP contribution in [-0.4, -0.2) is 0 Å². The summed E-state index contributed by atoms with van der Waals surface area (Å²) in [6.45, 7) is 3.85. The lowest BCUT2D eigenvalue weighted by Crippen LogP contribution is -2.06. The molecule has 1 aromatic heterocycles. The van der Waals surface area contributed by atoms with Crippen molar-refractivity contribution >= 4 is 0 Å². The van der Waals surface area contributed by atoms with Crippen LogP contribution in [0.5, 0.6) is 0 Å². The third-order valence-corrected chi connectivity index (χ3v) is 2.90. The smallest absolute Gasteiger partial charge is 0.137 e. The summed E-state index contributed by atoms with van der Waals surface area (Å²) < 4.78 is 19.4. The summed E-state index contributed by atoms with van der Waals surface area (Å²) in [5, 5.41) is 0. The highest BCUT2D eigenvalue weighted by Gasteiger charge is 2.14. The van der Waals surface area contributed by atoms with Crippen molar-refractivity contribution in [1.29, 1.82) is 0 Å². The van der Waals surface area contributed by atoms with Gasteiger partial charge in [-0.2, -0.15) is 0 Å². The van der Waals surface area contributed by atoms with Gasteiger partial charge in [0, 0.05) is 0 Å². The molecule has 0 amide bonds. The molecule has 1 aromatic carbocycles. The van der Waals surface area contributed by atoms with Crippen LogP contribution >= 0.6 is 0 Å². The third kappa shape index (κ3) is 2.24. The first kappa shape index (κ1) is 11.9. The van der Waals surface area contributed by atoms with E-state index in [1.807, 2.05) is 26.0 Å². The molecule has 0 bridgehead atoms. The highest BCUT2D eigenvalue weighted by Crippen LogP contribution is 2.30. The Bertz CT molecular complexity index is 498. The molecule has 0 aliphatic rings. The average molecular weight is 233 g/mol. The Morgan fingerprint density at radius 3 is 2.71 bits per heavy atom. The van der Waals surface area contributed by atoms with Gasteiger partial charge < -0.3 is 10.2 Å². The number of rotatable bonds is 3. The second-order valence-corrected chi connectivity index (χ2v) is 4.15. The fourth-order valence-corrected chi connectivity index (χ4v) is 1.83. The molecule has 17 heavy (non-hydrogen) atoms. The van der Waals surface area contributed by atoms with Crippen molar-refractivity contribution in [3.05, 3.63) is 47.5 Å². The van der Waals surface area contributed by atoms with Crippen molar-refractivity contribution in [2.24, 2.45) is 5.73 Å². The Morgan fingerprint density at radius 1 is 1.29 bits per heavy atom. The zero-order chi connectivity index (χ0) is 12.4. The van der Waals surface area contributed by atoms with Crippen molar-refractivity contribution < 1.29 is 8.81 Å². The number of benzene rings is 1. The van der Waals surface area contributed by atoms with Gasteiger partial charge in [0.25, 0.3) is 0 Å². The van der Waals surface area contributed by atoms with Gasteiger partial charge in [-0.1, -0.05) is 19.1 Å². The molecule has 1 atom stereocenters. The Balaban J connectivity index is 2.44. The molecule has 90 valence electrons. The van der Waals surface area contributed by atoms with Gasteiger partial charge in [0.2, 0.25) is 0 Å². The number of aryl methyl sites for hydroxylation is 1. The Morgan fingerprint density at radius 2 is 2.06 bits per heavy atom. The number of halogens is 1. The van der Waals surface area contributed by atoms with Crippen molar-refractivity contribution in [2.45, 2.75) is 26.3 Å². The molecule has 1 heterocycles. The minimum atomic E-state index is -0.268. The van der Waals surface area contributed by atoms with E-state index in [1.165, 1.54) is 6.07 Å². The predicted molar refractivity (Wildman–Crippen MR) is 66.1 cm³/mol. The van der Waals surface area contributed by atoms with Crippen LogP contribution in [0, 0.1) is 12.7 Å². The van der Waals surface area contributed by atoms with E-state index in [4.69, 9.17) is 10.2 Å². The highest BCUT2D eigenvalue weighted by molar-refractivity contribution is 5.62. The molecule has 0 aliphatic heterocycles. The largest absolute Gasteiger partial charge is 0.459 e. The first-order chi connectivity index (χ1) is 8.13. The summed E-state index contributed by atoms with van der Waals surface area (Å²) in [6, 6.07) is 8.45. The van der Waals surface area contributed by atoms with Crippen LogP contribution in [0.3, 0.4) is 0 Å². The van der Waals surface area contributed by atoms with Crippen LogP contribution in [0.4, 0.5) is 4.39 Å². The molecule has 0 radical (unpaired) electrons. The number of furan rings is 1. The van der Waals surface area contributed by atoms with Crippen LogP contribution in [0.2, 0.25) is 0 Å². The van der Waals surface area contributed by atoms with E-state index < -0.39 is 0 Å². The van der Waals surface area contributed by atoms with E-state index >= 15 is 0 Å². The monoisotopic (exact) mass is 233 g/mol. The van der Waals surface area contributed by atoms with Crippen molar-refractivity contribution in [3.63, 3.8) is 0 Å². The van der Waals surface area contributed by atoms with Gasteiger partial charge >= 0.3 is 0 Å². The predicted octanol–water partition coefficient (Wildman–Crippen LogP) is 3.80. The van der Waals surface area contributed by atoms with Crippen LogP contribution < -0.4 is 5.73 Å². The summed E-state index contributed by atoms with van der Waals surface area (Å²) in [7, 11) is 0. The Hall–Kier alpha value is -1.61. The lowest BCUT2D eigenvalue weighted by atomic mass is 10.1. The molecule has 1 unspecified atom stereocenters. The van der Waals surface area contributed by atoms with E-state index in [0.29, 0.717) is 17.1 Å². The molecule has 3 heteroatoms. The molecular formula is C14H16FNO. The number of hydrogen-bond donors (Lipinski definition) is 1. The van der Waals surface area contributed by atoms with Gasteiger partial charge in [0.05, 0.1) is 11.6 Å². The summed E-state index contributed by atoms with van der Waals surface area (Å²) in [5.74, 6) is 0.973. The normalized spacial score (nSPS) is 12.7. The summed E-state index contributed by atoms with van der Waals surface area (Å²) in [5.41, 5.74) is 7.25. The fourth-order valence-electron chi connectivity index (χ4n) is 1.83. The molecule has 2 rings (SSSR count). The van der Waals surface area contributed by atoms with Gasteiger partial charge in [-0.25, -0.2) is 4.39 Å². The first-order valence-electron chi connectivity index (χ1n) is 5.74. The summed E-state index contributed by atoms with van der Waals surface area (Å²) >= 11 is 0. The van der Waals surface area contributed by atoms with Gasteiger partial charge in [-0.05, 0) is 37.1 Å². The minimum Gasteiger partial charge on any atom is -0.459 e. The highest BCUT2D eigenvalue weighted by atomic mass is 19.1. The van der Waals surface area contributed by atoms with Crippen LogP contribution in [0.15, 0.2) is 34.7 Å². The second-order valence-electron chi connectivity index (χ2n) is 4.15. The number of hydrogen-bond acceptors (Lipinski definition) is 2. The fraction of sp³-hybridized carbons (Fsp3) is 0.286. The molecular weight excluding hydrogens is 217 g/mol. The maximum Gasteiger partial charge on any atom is 0.137 e. The lowest BCUT2D eigenvalue weighted by molar-refractivity contribution is 0.467. The van der Waals surface area contributed by atoms with Crippen LogP contribution in [-0.2, 0) is 0 Å². The van der Waals surface area contributed by atoms with Gasteiger partial charge in [-0.15, -0.1) is 0 Å². The van der Waals surface area contributed by atoms with Crippen molar-refractivity contribution in [1.82, 2.24) is 0 Å². The van der Waals surface area contributed by atoms with Gasteiger partial charge in [-0.3, -0.25) is 0 Å². The standard InChI is InChI=1S/C14H16FNO/c1-3-11(16)12-7-8-13(17-12)14-9(2)5-4-6-10(14)15/h4-8,11H,3,16H2,1-2H3.